The number of hydrazine groups is 1. The summed E-state index contributed by atoms with van der Waals surface area (Å²) in [7, 11) is 2.20. The van der Waals surface area contributed by atoms with Crippen molar-refractivity contribution in [1.29, 1.82) is 0 Å². The summed E-state index contributed by atoms with van der Waals surface area (Å²) in [5.41, 5.74) is 2.97. The van der Waals surface area contributed by atoms with Gasteiger partial charge in [-0.1, -0.05) is 0 Å². The van der Waals surface area contributed by atoms with Crippen LogP contribution < -0.4 is 10.3 Å². The van der Waals surface area contributed by atoms with Crippen LogP contribution in [0.5, 0.6) is 0 Å². The molecule has 0 bridgehead atoms. The molecule has 0 unspecified atom stereocenters. The van der Waals surface area contributed by atoms with Crippen LogP contribution in [0.1, 0.15) is 0 Å². The van der Waals surface area contributed by atoms with E-state index in [4.69, 9.17) is 24.8 Å². The van der Waals surface area contributed by atoms with Crippen molar-refractivity contribution in [2.45, 2.75) is 0 Å². The van der Waals surface area contributed by atoms with Gasteiger partial charge >= 0.3 is 0 Å². The molecular formula is C6H19N3O3S2. The summed E-state index contributed by atoms with van der Waals surface area (Å²) in [6.45, 7) is 4.38. The van der Waals surface area contributed by atoms with Gasteiger partial charge in [0.1, 0.15) is 0 Å². The molecule has 0 aromatic carbocycles. The summed E-state index contributed by atoms with van der Waals surface area (Å²) in [6, 6.07) is 0. The van der Waals surface area contributed by atoms with Crippen molar-refractivity contribution in [3.05, 3.63) is 0 Å². The fourth-order valence-electron chi connectivity index (χ4n) is 1.13. The predicted molar refractivity (Wildman–Crippen MR) is 62.1 cm³/mol. The van der Waals surface area contributed by atoms with Gasteiger partial charge in [0.25, 0.3) is 0 Å². The summed E-state index contributed by atoms with van der Waals surface area (Å²) < 4.78 is 0.449. The van der Waals surface area contributed by atoms with E-state index in [1.807, 2.05) is 0 Å². The number of hydrogen-bond acceptors (Lipinski definition) is 3. The molecule has 8 N–H and O–H groups in total. The first kappa shape index (κ1) is 19.5. The number of nitrogens with one attached hydrogen (secondary N) is 2. The number of rotatable bonds is 1. The molecule has 1 rings (SSSR count). The standard InChI is InChI=1S/C6H13N3S2.3H2O/c1-8-2-4-9(5-3-8)7-6(10)11;;;/h2-5H2,1H3,(H2,7,10,11);3*1H2. The van der Waals surface area contributed by atoms with Crippen molar-refractivity contribution in [2.75, 3.05) is 33.2 Å². The highest BCUT2D eigenvalue weighted by atomic mass is 32.1. The van der Waals surface area contributed by atoms with Crippen molar-refractivity contribution in [2.24, 2.45) is 0 Å². The third-order valence-corrected chi connectivity index (χ3v) is 2.05. The van der Waals surface area contributed by atoms with Crippen LogP contribution in [0.2, 0.25) is 0 Å². The monoisotopic (exact) mass is 245 g/mol. The summed E-state index contributed by atoms with van der Waals surface area (Å²) in [5.74, 6) is 0. The zero-order valence-corrected chi connectivity index (χ0v) is 9.73. The molecule has 1 heterocycles. The smallest absolute Gasteiger partial charge is 0.0917 e. The van der Waals surface area contributed by atoms with Gasteiger partial charge in [-0.25, -0.2) is 5.01 Å². The highest BCUT2D eigenvalue weighted by molar-refractivity contribution is 8.00. The number of piperazine rings is 1. The van der Waals surface area contributed by atoms with Crippen molar-refractivity contribution in [3.63, 3.8) is 0 Å². The fraction of sp³-hybridized carbons (Fsp3) is 0.833. The second kappa shape index (κ2) is 9.46. The maximum absolute atomic E-state index is 4.76. The number of likely N-dealkylation sites (N-methyl/N-ethyl adjacent to an activating group) is 1. The Labute approximate surface area is 94.6 Å². The average molecular weight is 245 g/mol. The van der Waals surface area contributed by atoms with E-state index in [1.165, 1.54) is 0 Å². The molecule has 0 aromatic heterocycles. The van der Waals surface area contributed by atoms with Crippen LogP contribution in [0.4, 0.5) is 0 Å². The van der Waals surface area contributed by atoms with Gasteiger partial charge in [-0.3, -0.25) is 0 Å². The molecule has 8 heteroatoms. The second-order valence-electron chi connectivity index (χ2n) is 2.84. The number of nitrogens with zero attached hydrogens (tertiary/aromatic N) is 1. The van der Waals surface area contributed by atoms with Crippen LogP contribution in [0.3, 0.4) is 0 Å². The van der Waals surface area contributed by atoms with Crippen LogP contribution in [-0.2, 0) is 12.6 Å². The van der Waals surface area contributed by atoms with E-state index in [0.29, 0.717) is 4.32 Å². The van der Waals surface area contributed by atoms with E-state index in [9.17, 15) is 0 Å². The quantitative estimate of drug-likeness (QED) is 0.359. The van der Waals surface area contributed by atoms with Crippen LogP contribution in [0.15, 0.2) is 0 Å². The zero-order chi connectivity index (χ0) is 8.27. The summed E-state index contributed by atoms with van der Waals surface area (Å²) in [5, 5.41) is 2.09. The van der Waals surface area contributed by atoms with E-state index < -0.39 is 0 Å². The normalized spacial score (nSPS) is 16.9. The van der Waals surface area contributed by atoms with E-state index in [1.54, 1.807) is 4.90 Å². The minimum atomic E-state index is 0. The SMILES string of the molecule is C[NH+]1CCN(NC(=S)[S-])CC1.O.O.O. The predicted octanol–water partition coefficient (Wildman–Crippen LogP) is -4.32. The van der Waals surface area contributed by atoms with Crippen molar-refractivity contribution in [1.82, 2.24) is 10.4 Å². The largest absolute Gasteiger partial charge is 0.412 e. The van der Waals surface area contributed by atoms with Crippen molar-refractivity contribution >= 4 is 29.2 Å². The van der Waals surface area contributed by atoms with Gasteiger partial charge in [0.15, 0.2) is 0 Å². The molecule has 0 amide bonds. The maximum atomic E-state index is 4.76. The first-order valence-corrected chi connectivity index (χ1v) is 4.54. The van der Waals surface area contributed by atoms with Gasteiger partial charge in [-0.05, 0) is 4.32 Å². The molecule has 6 nitrogen and oxygen atoms in total. The van der Waals surface area contributed by atoms with Gasteiger partial charge < -0.3 is 51.6 Å². The third-order valence-electron chi connectivity index (χ3n) is 1.87. The lowest BCUT2D eigenvalue weighted by Crippen LogP contribution is -3.12. The molecule has 0 aliphatic carbocycles. The molecule has 0 saturated carbocycles. The average Bonchev–Trinajstić information content (AvgIpc) is 1.93. The molecule has 0 aromatic rings. The van der Waals surface area contributed by atoms with Crippen LogP contribution in [-0.4, -0.2) is 59.0 Å². The number of hydrogen-bond donors (Lipinski definition) is 2. The number of quaternary nitrogens is 1. The lowest BCUT2D eigenvalue weighted by Gasteiger charge is -2.32. The molecule has 1 saturated heterocycles. The molecule has 0 atom stereocenters. The molecule has 14 heavy (non-hydrogen) atoms. The second-order valence-corrected chi connectivity index (χ2v) is 3.92. The molecule has 1 aliphatic rings. The lowest BCUT2D eigenvalue weighted by molar-refractivity contribution is -0.884. The number of thiocarbonyl (C=S) groups is 1. The molecule has 0 radical (unpaired) electrons. The summed E-state index contributed by atoms with van der Waals surface area (Å²) in [4.78, 5) is 1.57. The van der Waals surface area contributed by atoms with E-state index in [0.717, 1.165) is 26.2 Å². The Balaban J connectivity index is -0.000000403. The van der Waals surface area contributed by atoms with Crippen molar-refractivity contribution in [3.8, 4) is 0 Å². The maximum Gasteiger partial charge on any atom is 0.0917 e. The Morgan fingerprint density at radius 2 is 1.71 bits per heavy atom. The van der Waals surface area contributed by atoms with Gasteiger partial charge in [0, 0.05) is 0 Å². The van der Waals surface area contributed by atoms with Crippen LogP contribution in [0, 0.1) is 0 Å². The Bertz CT molecular complexity index is 153. The summed E-state index contributed by atoms with van der Waals surface area (Å²) >= 11 is 9.52. The molecule has 1 fully saturated rings. The minimum Gasteiger partial charge on any atom is -0.412 e. The van der Waals surface area contributed by atoms with Gasteiger partial charge in [-0.2, -0.15) is 0 Å². The van der Waals surface area contributed by atoms with Gasteiger partial charge in [0.2, 0.25) is 0 Å². The Kier molecular flexibility index (Phi) is 13.2. The lowest BCUT2D eigenvalue weighted by atomic mass is 10.4. The van der Waals surface area contributed by atoms with Crippen molar-refractivity contribution < 1.29 is 21.3 Å². The third kappa shape index (κ3) is 7.33. The molecule has 88 valence electrons. The zero-order valence-electron chi connectivity index (χ0n) is 8.09. The Hall–Kier alpha value is -0.0900. The topological polar surface area (TPSA) is 114 Å². The first-order valence-electron chi connectivity index (χ1n) is 3.72. The van der Waals surface area contributed by atoms with E-state index >= 15 is 0 Å². The molecule has 0 spiro atoms. The van der Waals surface area contributed by atoms with Crippen LogP contribution >= 0.6 is 12.2 Å². The van der Waals surface area contributed by atoms with E-state index in [2.05, 4.69) is 17.5 Å². The van der Waals surface area contributed by atoms with E-state index in [-0.39, 0.29) is 16.4 Å². The highest BCUT2D eigenvalue weighted by Crippen LogP contribution is 1.82. The van der Waals surface area contributed by atoms with Gasteiger partial charge in [0.05, 0.1) is 33.2 Å². The van der Waals surface area contributed by atoms with Gasteiger partial charge in [-0.15, -0.1) is 0 Å². The fourth-order valence-corrected chi connectivity index (χ4v) is 1.39. The Morgan fingerprint density at radius 3 is 2.07 bits per heavy atom. The Morgan fingerprint density at radius 1 is 1.29 bits per heavy atom. The van der Waals surface area contributed by atoms with Crippen LogP contribution in [0.25, 0.3) is 0 Å². The molecule has 1 aliphatic heterocycles. The highest BCUT2D eigenvalue weighted by Gasteiger charge is 2.14. The minimum absolute atomic E-state index is 0. The first-order chi connectivity index (χ1) is 5.18. The summed E-state index contributed by atoms with van der Waals surface area (Å²) in [6.07, 6.45) is 0. The molecular weight excluding hydrogens is 226 g/mol.